The minimum absolute atomic E-state index is 0.872. The summed E-state index contributed by atoms with van der Waals surface area (Å²) in [6.45, 7) is 0. The molecule has 3 aromatic carbocycles. The summed E-state index contributed by atoms with van der Waals surface area (Å²) in [7, 11) is 0. The van der Waals surface area contributed by atoms with E-state index < -0.39 is 0 Å². The highest BCUT2D eigenvalue weighted by atomic mass is 15.1. The zero-order chi connectivity index (χ0) is 22.7. The summed E-state index contributed by atoms with van der Waals surface area (Å²) < 4.78 is 2.20. The van der Waals surface area contributed by atoms with Crippen LogP contribution >= 0.6 is 0 Å². The van der Waals surface area contributed by atoms with Crippen molar-refractivity contribution in [2.45, 2.75) is 12.8 Å². The highest BCUT2D eigenvalue weighted by Gasteiger charge is 2.29. The van der Waals surface area contributed by atoms with Crippen LogP contribution in [0.3, 0.4) is 0 Å². The molecule has 2 aliphatic carbocycles. The van der Waals surface area contributed by atoms with E-state index in [0.717, 1.165) is 51.5 Å². The van der Waals surface area contributed by atoms with Gasteiger partial charge in [0.25, 0.3) is 0 Å². The molecule has 4 nitrogen and oxygen atoms in total. The number of nitrogens with zero attached hydrogens (tertiary/aromatic N) is 4. The van der Waals surface area contributed by atoms with Crippen LogP contribution in [0, 0.1) is 0 Å². The zero-order valence-corrected chi connectivity index (χ0v) is 18.8. The van der Waals surface area contributed by atoms with E-state index in [9.17, 15) is 0 Å². The summed E-state index contributed by atoms with van der Waals surface area (Å²) in [6, 6.07) is 26.3. The number of fused-ring (bicyclic) bond motifs is 15. The topological polar surface area (TPSA) is 43.1 Å². The Balaban J connectivity index is 1.38. The smallest absolute Gasteiger partial charge is 0.166 e. The van der Waals surface area contributed by atoms with Crippen LogP contribution in [-0.4, -0.2) is 19.4 Å². The van der Waals surface area contributed by atoms with Gasteiger partial charge in [-0.1, -0.05) is 42.5 Å². The number of hydrogen-bond acceptors (Lipinski definition) is 3. The molecule has 0 saturated carbocycles. The maximum absolute atomic E-state index is 5.14. The van der Waals surface area contributed by atoms with E-state index in [-0.39, 0.29) is 0 Å². The van der Waals surface area contributed by atoms with E-state index >= 15 is 0 Å². The molecule has 0 unspecified atom stereocenters. The fraction of sp³-hybridized carbons (Fsp3) is 0.0645. The van der Waals surface area contributed by atoms with Gasteiger partial charge in [0.15, 0.2) is 5.65 Å². The van der Waals surface area contributed by atoms with Crippen molar-refractivity contribution in [1.82, 2.24) is 19.4 Å². The molecule has 162 valence electrons. The first-order chi connectivity index (χ1) is 17.3. The van der Waals surface area contributed by atoms with Gasteiger partial charge >= 0.3 is 0 Å². The van der Waals surface area contributed by atoms with Crippen molar-refractivity contribution in [1.29, 1.82) is 0 Å². The molecule has 4 aromatic heterocycles. The molecule has 0 N–H and O–H groups in total. The molecule has 35 heavy (non-hydrogen) atoms. The zero-order valence-electron chi connectivity index (χ0n) is 18.8. The van der Waals surface area contributed by atoms with Crippen molar-refractivity contribution in [2.75, 3.05) is 0 Å². The van der Waals surface area contributed by atoms with Crippen LogP contribution in [-0.2, 0) is 12.8 Å². The van der Waals surface area contributed by atoms with Crippen LogP contribution in [0.4, 0.5) is 0 Å². The Kier molecular flexibility index (Phi) is 3.11. The Morgan fingerprint density at radius 1 is 0.629 bits per heavy atom. The molecule has 9 rings (SSSR count). The van der Waals surface area contributed by atoms with Gasteiger partial charge < -0.3 is 0 Å². The minimum Gasteiger partial charge on any atom is -0.274 e. The van der Waals surface area contributed by atoms with Gasteiger partial charge in [0.1, 0.15) is 11.2 Å². The summed E-state index contributed by atoms with van der Waals surface area (Å²) in [5, 5.41) is 2.19. The number of rotatable bonds is 0. The number of hydrogen-bond donors (Lipinski definition) is 0. The van der Waals surface area contributed by atoms with Gasteiger partial charge in [-0.25, -0.2) is 9.97 Å². The van der Waals surface area contributed by atoms with Gasteiger partial charge in [-0.05, 0) is 87.7 Å². The molecule has 0 spiro atoms. The quantitative estimate of drug-likeness (QED) is 0.243. The van der Waals surface area contributed by atoms with Gasteiger partial charge in [0.2, 0.25) is 0 Å². The Morgan fingerprint density at radius 2 is 1.51 bits per heavy atom. The van der Waals surface area contributed by atoms with Gasteiger partial charge in [-0.2, -0.15) is 0 Å². The normalized spacial score (nSPS) is 13.5. The molecule has 4 heterocycles. The van der Waals surface area contributed by atoms with Gasteiger partial charge in [-0.3, -0.25) is 9.38 Å². The Bertz CT molecular complexity index is 2070. The first-order valence-electron chi connectivity index (χ1n) is 12.0. The van der Waals surface area contributed by atoms with Crippen LogP contribution < -0.4 is 0 Å². The lowest BCUT2D eigenvalue weighted by Crippen LogP contribution is -1.95. The maximum atomic E-state index is 5.14. The van der Waals surface area contributed by atoms with Gasteiger partial charge in [-0.15, -0.1) is 0 Å². The van der Waals surface area contributed by atoms with Crippen molar-refractivity contribution in [3.63, 3.8) is 0 Å². The molecule has 0 radical (unpaired) electrons. The summed E-state index contributed by atoms with van der Waals surface area (Å²) in [4.78, 5) is 14.6. The van der Waals surface area contributed by atoms with Crippen molar-refractivity contribution in [3.05, 3.63) is 107 Å². The van der Waals surface area contributed by atoms with E-state index in [1.165, 1.54) is 44.5 Å². The molecule has 0 bridgehead atoms. The third kappa shape index (κ3) is 2.15. The summed E-state index contributed by atoms with van der Waals surface area (Å²) in [6.07, 6.45) is 5.66. The molecule has 4 heteroatoms. The first kappa shape index (κ1) is 17.8. The molecule has 0 amide bonds. The lowest BCUT2D eigenvalue weighted by Gasteiger charge is -2.09. The largest absolute Gasteiger partial charge is 0.274 e. The average Bonchev–Trinajstić information content (AvgIpc) is 3.58. The number of pyridine rings is 3. The third-order valence-electron chi connectivity index (χ3n) is 7.91. The van der Waals surface area contributed by atoms with E-state index in [4.69, 9.17) is 15.0 Å². The van der Waals surface area contributed by atoms with Crippen molar-refractivity contribution in [3.8, 4) is 22.3 Å². The molecule has 2 aliphatic rings. The predicted octanol–water partition coefficient (Wildman–Crippen LogP) is 6.73. The van der Waals surface area contributed by atoms with Crippen molar-refractivity contribution >= 4 is 38.6 Å². The van der Waals surface area contributed by atoms with Crippen LogP contribution in [0.25, 0.3) is 60.9 Å². The van der Waals surface area contributed by atoms with E-state index in [0.29, 0.717) is 0 Å². The predicted molar refractivity (Wildman–Crippen MR) is 140 cm³/mol. The second-order valence-corrected chi connectivity index (χ2v) is 9.68. The monoisotopic (exact) mass is 446 g/mol. The van der Waals surface area contributed by atoms with Gasteiger partial charge in [0, 0.05) is 23.2 Å². The first-order valence-corrected chi connectivity index (χ1v) is 12.0. The number of imidazole rings is 1. The molecular formula is C31H18N4. The van der Waals surface area contributed by atoms with E-state index in [1.807, 2.05) is 24.5 Å². The lowest BCUT2D eigenvalue weighted by molar-refractivity contribution is 1.21. The van der Waals surface area contributed by atoms with Crippen LogP contribution in [0.2, 0.25) is 0 Å². The van der Waals surface area contributed by atoms with Crippen LogP contribution in [0.5, 0.6) is 0 Å². The van der Waals surface area contributed by atoms with E-state index in [1.54, 1.807) is 0 Å². The van der Waals surface area contributed by atoms with Crippen molar-refractivity contribution in [2.24, 2.45) is 0 Å². The number of aromatic nitrogens is 4. The highest BCUT2D eigenvalue weighted by molar-refractivity contribution is 6.11. The second-order valence-electron chi connectivity index (χ2n) is 9.68. The second kappa shape index (κ2) is 6.10. The molecule has 0 fully saturated rings. The molecule has 0 saturated heterocycles. The fourth-order valence-corrected chi connectivity index (χ4v) is 6.45. The van der Waals surface area contributed by atoms with Crippen LogP contribution in [0.1, 0.15) is 22.3 Å². The Hall–Kier alpha value is -4.57. The molecular weight excluding hydrogens is 428 g/mol. The lowest BCUT2D eigenvalue weighted by atomic mass is 9.95. The maximum Gasteiger partial charge on any atom is 0.166 e. The van der Waals surface area contributed by atoms with Gasteiger partial charge in [0.05, 0.1) is 11.0 Å². The van der Waals surface area contributed by atoms with Crippen LogP contribution in [0.15, 0.2) is 85.2 Å². The fourth-order valence-electron chi connectivity index (χ4n) is 6.45. The summed E-state index contributed by atoms with van der Waals surface area (Å²) >= 11 is 0. The standard InChI is InChI=1S/C31H18N4/c1-2-6-20-17(5-1)14-25-21(20)10-9-18-13-19-15-27-26(16-24(19)28(18)25)34-31-29-22(7-3-11-32-29)23-8-4-12-33-30(23)35(27)31/h1-12,15-16H,13-14H2. The SMILES string of the molecule is c1ccc2c(c1)Cc1c-2ccc2c1-c1cc3nc4c5ncccc5c5cccnc5n4c3cc1C2. The van der Waals surface area contributed by atoms with Crippen molar-refractivity contribution < 1.29 is 0 Å². The molecule has 7 aromatic rings. The number of benzene rings is 3. The summed E-state index contributed by atoms with van der Waals surface area (Å²) in [5.41, 5.74) is 16.0. The Labute approximate surface area is 200 Å². The summed E-state index contributed by atoms with van der Waals surface area (Å²) in [5.74, 6) is 0. The Morgan fingerprint density at radius 3 is 2.49 bits per heavy atom. The minimum atomic E-state index is 0.872. The average molecular weight is 447 g/mol. The van der Waals surface area contributed by atoms with E-state index in [2.05, 4.69) is 65.1 Å². The highest BCUT2D eigenvalue weighted by Crippen LogP contribution is 2.48. The molecule has 0 atom stereocenters. The molecule has 0 aliphatic heterocycles. The third-order valence-corrected chi connectivity index (χ3v) is 7.91.